The number of carbonyl (C=O) groups is 2. The van der Waals surface area contributed by atoms with Crippen LogP contribution in [-0.2, 0) is 19.1 Å². The molecular weight excluding hydrogens is 593 g/mol. The number of nitrogens with one attached hydrogen (secondary N) is 2. The van der Waals surface area contributed by atoms with E-state index in [2.05, 4.69) is 10.6 Å². The fourth-order valence-electron chi connectivity index (χ4n) is 5.37. The molecule has 2 aliphatic rings. The number of methoxy groups -OCH3 is 2. The Balaban J connectivity index is 0.000000175. The van der Waals surface area contributed by atoms with Crippen molar-refractivity contribution in [3.63, 3.8) is 0 Å². The predicted molar refractivity (Wildman–Crippen MR) is 182 cm³/mol. The number of esters is 2. The number of para-hydroxylation sites is 4. The van der Waals surface area contributed by atoms with Crippen molar-refractivity contribution in [2.24, 2.45) is 0 Å². The number of rotatable bonds is 6. The molecule has 2 heterocycles. The van der Waals surface area contributed by atoms with E-state index in [0.717, 1.165) is 33.9 Å². The molecule has 6 rings (SSSR count). The lowest BCUT2D eigenvalue weighted by atomic mass is 9.97. The molecule has 0 saturated heterocycles. The largest absolute Gasteiger partial charge is 0.469 e. The van der Waals surface area contributed by atoms with Gasteiger partial charge in [0.15, 0.2) is 10.2 Å². The minimum atomic E-state index is -0.259. The van der Waals surface area contributed by atoms with Gasteiger partial charge in [0.1, 0.15) is 0 Å². The Bertz CT molecular complexity index is 1530. The predicted octanol–water partition coefficient (Wildman–Crippen LogP) is 7.02. The molecule has 0 spiro atoms. The number of hydrogen-bond donors (Lipinski definition) is 2. The van der Waals surface area contributed by atoms with Crippen molar-refractivity contribution >= 4 is 69.3 Å². The number of fused-ring (bicyclic) bond motifs is 2. The molecule has 224 valence electrons. The smallest absolute Gasteiger partial charge is 0.307 e. The molecule has 0 radical (unpaired) electrons. The average molecular weight is 625 g/mol. The summed E-state index contributed by atoms with van der Waals surface area (Å²) in [6.45, 7) is 0. The van der Waals surface area contributed by atoms with Crippen molar-refractivity contribution in [3.8, 4) is 0 Å². The summed E-state index contributed by atoms with van der Waals surface area (Å²) in [5.74, 6) is -0.518. The zero-order valence-corrected chi connectivity index (χ0v) is 25.9. The zero-order chi connectivity index (χ0) is 31.1. The molecule has 44 heavy (non-hydrogen) atoms. The van der Waals surface area contributed by atoms with E-state index in [0.29, 0.717) is 10.2 Å². The van der Waals surface area contributed by atoms with Crippen LogP contribution >= 0.6 is 24.4 Å². The summed E-state index contributed by atoms with van der Waals surface area (Å²) in [4.78, 5) is 27.7. The third-order valence-electron chi connectivity index (χ3n) is 7.43. The van der Waals surface area contributed by atoms with E-state index < -0.39 is 0 Å². The Morgan fingerprint density at radius 2 is 0.932 bits per heavy atom. The van der Waals surface area contributed by atoms with Crippen LogP contribution in [0.15, 0.2) is 109 Å². The Morgan fingerprint density at radius 3 is 1.30 bits per heavy atom. The summed E-state index contributed by atoms with van der Waals surface area (Å²) >= 11 is 11.0. The second kappa shape index (κ2) is 14.1. The van der Waals surface area contributed by atoms with E-state index in [1.54, 1.807) is 0 Å². The molecule has 0 unspecified atom stereocenters. The Morgan fingerprint density at radius 1 is 0.591 bits per heavy atom. The highest BCUT2D eigenvalue weighted by Crippen LogP contribution is 2.39. The number of carbonyl (C=O) groups excluding carboxylic acids is 2. The maximum absolute atomic E-state index is 11.9. The summed E-state index contributed by atoms with van der Waals surface area (Å²) in [5.41, 5.74) is 5.84. The van der Waals surface area contributed by atoms with Gasteiger partial charge in [-0.05, 0) is 72.0 Å². The fraction of sp³-hybridized carbons (Fsp3) is 0.176. The lowest BCUT2D eigenvalue weighted by Gasteiger charge is -2.39. The van der Waals surface area contributed by atoms with Crippen LogP contribution in [0.2, 0.25) is 0 Å². The van der Waals surface area contributed by atoms with Crippen molar-refractivity contribution in [1.29, 1.82) is 0 Å². The zero-order valence-electron chi connectivity index (χ0n) is 24.3. The maximum Gasteiger partial charge on any atom is 0.307 e. The molecule has 0 fully saturated rings. The van der Waals surface area contributed by atoms with Gasteiger partial charge in [0.05, 0.1) is 39.1 Å². The topological polar surface area (TPSA) is 83.1 Å². The molecule has 4 aromatic carbocycles. The highest BCUT2D eigenvalue weighted by atomic mass is 32.1. The third-order valence-corrected chi connectivity index (χ3v) is 8.03. The standard InChI is InChI=1S/2C17H16N2O2S/c2*1-21-16(20)11-15-13-9-5-6-10-14(13)18-17(22)19(15)12-7-3-2-4-8-12/h2*2-10,15H,11H2,1H3,(H,18,22)/t2*15-/m11/s1. The van der Waals surface area contributed by atoms with Crippen molar-refractivity contribution in [2.45, 2.75) is 24.9 Å². The van der Waals surface area contributed by atoms with Gasteiger partial charge < -0.3 is 29.9 Å². The van der Waals surface area contributed by atoms with Crippen molar-refractivity contribution in [2.75, 3.05) is 34.7 Å². The van der Waals surface area contributed by atoms with Gasteiger partial charge in [-0.1, -0.05) is 72.8 Å². The van der Waals surface area contributed by atoms with Crippen LogP contribution in [0.5, 0.6) is 0 Å². The van der Waals surface area contributed by atoms with Gasteiger partial charge in [0.2, 0.25) is 0 Å². The maximum atomic E-state index is 11.9. The molecule has 0 bridgehead atoms. The van der Waals surface area contributed by atoms with Gasteiger partial charge in [0, 0.05) is 22.7 Å². The van der Waals surface area contributed by atoms with E-state index in [4.69, 9.17) is 33.9 Å². The Hall–Kier alpha value is -4.80. The van der Waals surface area contributed by atoms with Gasteiger partial charge >= 0.3 is 11.9 Å². The molecular formula is C34H32N4O4S2. The Kier molecular flexibility index (Phi) is 9.83. The highest BCUT2D eigenvalue weighted by molar-refractivity contribution is 7.81. The van der Waals surface area contributed by atoms with E-state index >= 15 is 0 Å². The van der Waals surface area contributed by atoms with Gasteiger partial charge in [-0.25, -0.2) is 0 Å². The monoisotopic (exact) mass is 624 g/mol. The number of ether oxygens (including phenoxy) is 2. The molecule has 0 amide bonds. The van der Waals surface area contributed by atoms with Crippen molar-refractivity contribution < 1.29 is 19.1 Å². The molecule has 2 atom stereocenters. The Labute approximate surface area is 267 Å². The quantitative estimate of drug-likeness (QED) is 0.173. The first-order chi connectivity index (χ1) is 21.4. The van der Waals surface area contributed by atoms with Crippen LogP contribution in [0.4, 0.5) is 22.7 Å². The SMILES string of the molecule is COC(=O)C[C@@H]1c2ccccc2NC(=S)N1c1ccccc1.COC(=O)C[C@@H]1c2ccccc2NC(=S)N1c1ccccc1. The van der Waals surface area contributed by atoms with Crippen LogP contribution in [0.25, 0.3) is 0 Å². The molecule has 0 saturated carbocycles. The van der Waals surface area contributed by atoms with Crippen LogP contribution in [0.1, 0.15) is 36.1 Å². The van der Waals surface area contributed by atoms with Gasteiger partial charge in [-0.15, -0.1) is 0 Å². The van der Waals surface area contributed by atoms with Crippen LogP contribution in [-0.4, -0.2) is 36.4 Å². The number of nitrogens with zero attached hydrogens (tertiary/aromatic N) is 2. The fourth-order valence-corrected chi connectivity index (χ4v) is 6.06. The van der Waals surface area contributed by atoms with Crippen LogP contribution in [0.3, 0.4) is 0 Å². The molecule has 10 heteroatoms. The number of thiocarbonyl (C=S) groups is 2. The summed E-state index contributed by atoms with van der Waals surface area (Å²) in [6.07, 6.45) is 0.481. The molecule has 8 nitrogen and oxygen atoms in total. The van der Waals surface area contributed by atoms with E-state index in [9.17, 15) is 9.59 Å². The minimum Gasteiger partial charge on any atom is -0.469 e. The molecule has 2 N–H and O–H groups in total. The average Bonchev–Trinajstić information content (AvgIpc) is 3.05. The molecule has 0 aliphatic carbocycles. The molecule has 4 aromatic rings. The second-order valence-corrected chi connectivity index (χ2v) is 10.8. The first kappa shape index (κ1) is 30.7. The lowest BCUT2D eigenvalue weighted by molar-refractivity contribution is -0.141. The number of benzene rings is 4. The summed E-state index contributed by atoms with van der Waals surface area (Å²) < 4.78 is 9.72. The highest BCUT2D eigenvalue weighted by Gasteiger charge is 2.34. The second-order valence-electron chi connectivity index (χ2n) is 10.0. The van der Waals surface area contributed by atoms with Crippen molar-refractivity contribution in [1.82, 2.24) is 0 Å². The molecule has 2 aliphatic heterocycles. The van der Waals surface area contributed by atoms with Crippen molar-refractivity contribution in [3.05, 3.63) is 120 Å². The normalized spacial score (nSPS) is 16.7. The first-order valence-electron chi connectivity index (χ1n) is 14.0. The number of anilines is 4. The van der Waals surface area contributed by atoms with E-state index in [1.807, 2.05) is 119 Å². The first-order valence-corrected chi connectivity index (χ1v) is 14.8. The summed E-state index contributed by atoms with van der Waals surface area (Å²) in [6, 6.07) is 35.0. The minimum absolute atomic E-state index is 0.181. The van der Waals surface area contributed by atoms with Gasteiger partial charge in [0.25, 0.3) is 0 Å². The van der Waals surface area contributed by atoms with E-state index in [-0.39, 0.29) is 36.9 Å². The van der Waals surface area contributed by atoms with Crippen LogP contribution in [0, 0.1) is 0 Å². The van der Waals surface area contributed by atoms with Gasteiger partial charge in [-0.2, -0.15) is 0 Å². The third kappa shape index (κ3) is 6.72. The number of hydrogen-bond acceptors (Lipinski definition) is 6. The van der Waals surface area contributed by atoms with Gasteiger partial charge in [-0.3, -0.25) is 9.59 Å². The van der Waals surface area contributed by atoms with E-state index in [1.165, 1.54) is 14.2 Å². The molecule has 0 aromatic heterocycles. The summed E-state index contributed by atoms with van der Waals surface area (Å²) in [7, 11) is 2.81. The lowest BCUT2D eigenvalue weighted by Crippen LogP contribution is -2.43. The van der Waals surface area contributed by atoms with Crippen LogP contribution < -0.4 is 20.4 Å². The summed E-state index contributed by atoms with van der Waals surface area (Å²) in [5, 5.41) is 7.63.